The molecule has 0 aliphatic heterocycles. The Balaban J connectivity index is 2.99. The summed E-state index contributed by atoms with van der Waals surface area (Å²) in [6.07, 6.45) is 3.45. The number of hydrogen-bond donors (Lipinski definition) is 1. The molecular weight excluding hydrogens is 144 g/mol. The molecule has 0 atom stereocenters. The van der Waals surface area contributed by atoms with Crippen LogP contribution in [0.15, 0.2) is 18.9 Å². The number of carbonyl (C=O) groups is 1. The van der Waals surface area contributed by atoms with Gasteiger partial charge in [0.15, 0.2) is 6.29 Å². The van der Waals surface area contributed by atoms with E-state index >= 15 is 0 Å². The number of aromatic hydroxyl groups is 1. The van der Waals surface area contributed by atoms with Gasteiger partial charge in [0.25, 0.3) is 0 Å². The second-order valence-electron chi connectivity index (χ2n) is 2.01. The average Bonchev–Trinajstić information content (AvgIpc) is 2.34. The second kappa shape index (κ2) is 3.01. The van der Waals surface area contributed by atoms with Crippen molar-refractivity contribution in [2.45, 2.75) is 6.54 Å². The zero-order valence-corrected chi connectivity index (χ0v) is 5.90. The normalized spacial score (nSPS) is 9.45. The highest BCUT2D eigenvalue weighted by molar-refractivity contribution is 5.77. The minimum Gasteiger partial charge on any atom is -0.493 e. The lowest BCUT2D eigenvalue weighted by atomic mass is 10.4. The van der Waals surface area contributed by atoms with Gasteiger partial charge in [0, 0.05) is 0 Å². The minimum absolute atomic E-state index is 0.111. The van der Waals surface area contributed by atoms with Crippen LogP contribution in [0.3, 0.4) is 0 Å². The largest absolute Gasteiger partial charge is 0.493 e. The molecule has 1 N–H and O–H groups in total. The zero-order chi connectivity index (χ0) is 8.27. The Morgan fingerprint density at radius 1 is 1.82 bits per heavy atom. The monoisotopic (exact) mass is 152 g/mol. The van der Waals surface area contributed by atoms with Crippen molar-refractivity contribution < 1.29 is 9.90 Å². The molecule has 1 heterocycles. The summed E-state index contributed by atoms with van der Waals surface area (Å²) in [4.78, 5) is 10.2. The molecule has 0 fully saturated rings. The van der Waals surface area contributed by atoms with Crippen LogP contribution in [0.1, 0.15) is 10.4 Å². The van der Waals surface area contributed by atoms with Gasteiger partial charge in [-0.1, -0.05) is 6.08 Å². The zero-order valence-electron chi connectivity index (χ0n) is 5.90. The maximum absolute atomic E-state index is 10.2. The van der Waals surface area contributed by atoms with Gasteiger partial charge < -0.3 is 5.11 Å². The molecule has 0 aliphatic carbocycles. The molecule has 11 heavy (non-hydrogen) atoms. The first-order valence-corrected chi connectivity index (χ1v) is 3.10. The van der Waals surface area contributed by atoms with E-state index in [0.29, 0.717) is 12.8 Å². The Kier molecular flexibility index (Phi) is 2.06. The number of aldehydes is 1. The van der Waals surface area contributed by atoms with Crippen LogP contribution in [0.2, 0.25) is 0 Å². The molecule has 0 amide bonds. The molecular formula is C7H8N2O2. The molecule has 0 saturated heterocycles. The standard InChI is InChI=1S/C7H8N2O2/c1-2-3-9-7(11)6(5-10)4-8-9/h2,4-5,11H,1,3H2. The third-order valence-electron chi connectivity index (χ3n) is 1.27. The topological polar surface area (TPSA) is 55.1 Å². The van der Waals surface area contributed by atoms with Gasteiger partial charge in [-0.3, -0.25) is 4.79 Å². The average molecular weight is 152 g/mol. The summed E-state index contributed by atoms with van der Waals surface area (Å²) in [5.74, 6) is -0.111. The van der Waals surface area contributed by atoms with E-state index in [4.69, 9.17) is 0 Å². The van der Waals surface area contributed by atoms with Crippen LogP contribution in [0, 0.1) is 0 Å². The van der Waals surface area contributed by atoms with Gasteiger partial charge in [0.05, 0.1) is 18.3 Å². The summed E-state index contributed by atoms with van der Waals surface area (Å²) in [5.41, 5.74) is 0.201. The summed E-state index contributed by atoms with van der Waals surface area (Å²) < 4.78 is 1.29. The molecule has 0 aromatic carbocycles. The van der Waals surface area contributed by atoms with Crippen LogP contribution in [0.25, 0.3) is 0 Å². The predicted molar refractivity (Wildman–Crippen MR) is 39.5 cm³/mol. The molecule has 1 aromatic rings. The van der Waals surface area contributed by atoms with Crippen molar-refractivity contribution in [3.63, 3.8) is 0 Å². The second-order valence-corrected chi connectivity index (χ2v) is 2.01. The summed E-state index contributed by atoms with van der Waals surface area (Å²) >= 11 is 0. The number of aromatic nitrogens is 2. The van der Waals surface area contributed by atoms with E-state index in [1.165, 1.54) is 10.9 Å². The van der Waals surface area contributed by atoms with E-state index in [9.17, 15) is 9.90 Å². The fourth-order valence-electron chi connectivity index (χ4n) is 0.732. The van der Waals surface area contributed by atoms with Gasteiger partial charge in [-0.2, -0.15) is 5.10 Å². The Labute approximate surface area is 63.8 Å². The summed E-state index contributed by atoms with van der Waals surface area (Å²) in [7, 11) is 0. The fourth-order valence-corrected chi connectivity index (χ4v) is 0.732. The van der Waals surface area contributed by atoms with Crippen molar-refractivity contribution in [3.8, 4) is 5.88 Å². The summed E-state index contributed by atoms with van der Waals surface area (Å²) in [6.45, 7) is 3.87. The highest BCUT2D eigenvalue weighted by Crippen LogP contribution is 2.12. The van der Waals surface area contributed by atoms with Crippen LogP contribution in [-0.4, -0.2) is 21.2 Å². The van der Waals surface area contributed by atoms with E-state index < -0.39 is 0 Å². The van der Waals surface area contributed by atoms with Crippen LogP contribution >= 0.6 is 0 Å². The van der Waals surface area contributed by atoms with Gasteiger partial charge in [-0.05, 0) is 0 Å². The van der Waals surface area contributed by atoms with Crippen molar-refractivity contribution in [3.05, 3.63) is 24.4 Å². The molecule has 58 valence electrons. The van der Waals surface area contributed by atoms with E-state index in [0.717, 1.165) is 0 Å². The third kappa shape index (κ3) is 1.29. The van der Waals surface area contributed by atoms with Gasteiger partial charge >= 0.3 is 0 Å². The minimum atomic E-state index is -0.111. The van der Waals surface area contributed by atoms with Crippen molar-refractivity contribution in [2.75, 3.05) is 0 Å². The molecule has 0 saturated carbocycles. The van der Waals surface area contributed by atoms with E-state index in [2.05, 4.69) is 11.7 Å². The molecule has 4 heteroatoms. The number of hydrogen-bond acceptors (Lipinski definition) is 3. The number of allylic oxidation sites excluding steroid dienone is 1. The van der Waals surface area contributed by atoms with E-state index in [1.807, 2.05) is 0 Å². The lowest BCUT2D eigenvalue weighted by Crippen LogP contribution is -1.95. The molecule has 0 bridgehead atoms. The van der Waals surface area contributed by atoms with Gasteiger partial charge in [-0.25, -0.2) is 4.68 Å². The number of carbonyl (C=O) groups excluding carboxylic acids is 1. The maximum atomic E-state index is 10.2. The first kappa shape index (κ1) is 7.53. The van der Waals surface area contributed by atoms with Crippen LogP contribution in [0.5, 0.6) is 5.88 Å². The van der Waals surface area contributed by atoms with E-state index in [-0.39, 0.29) is 11.4 Å². The molecule has 0 unspecified atom stereocenters. The van der Waals surface area contributed by atoms with Crippen molar-refractivity contribution in [1.29, 1.82) is 0 Å². The quantitative estimate of drug-likeness (QED) is 0.509. The van der Waals surface area contributed by atoms with E-state index in [1.54, 1.807) is 6.08 Å². The fraction of sp³-hybridized carbons (Fsp3) is 0.143. The SMILES string of the molecule is C=CCn1ncc(C=O)c1O. The first-order valence-electron chi connectivity index (χ1n) is 3.10. The molecule has 0 radical (unpaired) electrons. The molecule has 1 rings (SSSR count). The lowest BCUT2D eigenvalue weighted by molar-refractivity contribution is 0.112. The Bertz CT molecular complexity index is 278. The van der Waals surface area contributed by atoms with Crippen LogP contribution < -0.4 is 0 Å². The smallest absolute Gasteiger partial charge is 0.220 e. The van der Waals surface area contributed by atoms with Crippen LogP contribution in [-0.2, 0) is 6.54 Å². The molecule has 1 aromatic heterocycles. The van der Waals surface area contributed by atoms with Crippen LogP contribution in [0.4, 0.5) is 0 Å². The Hall–Kier alpha value is -1.58. The summed E-state index contributed by atoms with van der Waals surface area (Å²) in [5, 5.41) is 12.9. The number of rotatable bonds is 3. The molecule has 0 aliphatic rings. The highest BCUT2D eigenvalue weighted by Gasteiger charge is 2.05. The van der Waals surface area contributed by atoms with Gasteiger partial charge in [0.1, 0.15) is 0 Å². The third-order valence-corrected chi connectivity index (χ3v) is 1.27. The van der Waals surface area contributed by atoms with Crippen molar-refractivity contribution in [1.82, 2.24) is 9.78 Å². The Morgan fingerprint density at radius 3 is 3.00 bits per heavy atom. The molecule has 4 nitrogen and oxygen atoms in total. The lowest BCUT2D eigenvalue weighted by Gasteiger charge is -1.95. The van der Waals surface area contributed by atoms with Gasteiger partial charge in [-0.15, -0.1) is 6.58 Å². The van der Waals surface area contributed by atoms with Gasteiger partial charge in [0.2, 0.25) is 5.88 Å². The summed E-state index contributed by atoms with van der Waals surface area (Å²) in [6, 6.07) is 0. The first-order chi connectivity index (χ1) is 5.29. The van der Waals surface area contributed by atoms with Crippen molar-refractivity contribution in [2.24, 2.45) is 0 Å². The molecule has 0 spiro atoms. The number of nitrogens with zero attached hydrogens (tertiary/aromatic N) is 2. The maximum Gasteiger partial charge on any atom is 0.220 e. The Morgan fingerprint density at radius 2 is 2.55 bits per heavy atom. The predicted octanol–water partition coefficient (Wildman–Crippen LogP) is 0.587. The highest BCUT2D eigenvalue weighted by atomic mass is 16.3. The van der Waals surface area contributed by atoms with Crippen molar-refractivity contribution >= 4 is 6.29 Å².